The van der Waals surface area contributed by atoms with Crippen LogP contribution in [0.25, 0.3) is 21.3 Å². The number of ether oxygens (including phenoxy) is 1. The maximum Gasteiger partial charge on any atom is 0.240 e. The predicted octanol–water partition coefficient (Wildman–Crippen LogP) is 6.71. The van der Waals surface area contributed by atoms with Crippen molar-refractivity contribution >= 4 is 39.4 Å². The van der Waals surface area contributed by atoms with E-state index in [-0.39, 0.29) is 6.04 Å². The van der Waals surface area contributed by atoms with Gasteiger partial charge in [0.2, 0.25) is 11.8 Å². The molecule has 0 aliphatic carbocycles. The predicted molar refractivity (Wildman–Crippen MR) is 151 cm³/mol. The number of rotatable bonds is 7. The number of nitrogens with zero attached hydrogens (tertiary/aromatic N) is 3. The van der Waals surface area contributed by atoms with Gasteiger partial charge in [0.1, 0.15) is 16.8 Å². The van der Waals surface area contributed by atoms with Gasteiger partial charge in [0.25, 0.3) is 0 Å². The Morgan fingerprint density at radius 1 is 0.947 bits per heavy atom. The number of hydrogen-bond donors (Lipinski definition) is 3. The van der Waals surface area contributed by atoms with Crippen molar-refractivity contribution in [3.05, 3.63) is 84.0 Å². The van der Waals surface area contributed by atoms with Gasteiger partial charge in [-0.05, 0) is 37.3 Å². The summed E-state index contributed by atoms with van der Waals surface area (Å²) in [5, 5.41) is 12.7. The van der Waals surface area contributed by atoms with E-state index in [1.54, 1.807) is 6.20 Å². The summed E-state index contributed by atoms with van der Waals surface area (Å²) < 4.78 is 20.3. The molecule has 0 radical (unpaired) electrons. The Kier molecular flexibility index (Phi) is 6.85. The second-order valence-corrected chi connectivity index (χ2v) is 10.4. The first kappa shape index (κ1) is 24.3. The number of alkyl halides is 1. The fourth-order valence-electron chi connectivity index (χ4n) is 4.63. The minimum atomic E-state index is -0.877. The number of para-hydroxylation sites is 1. The van der Waals surface area contributed by atoms with Gasteiger partial charge in [0, 0.05) is 53.9 Å². The summed E-state index contributed by atoms with van der Waals surface area (Å²) in [5.74, 6) is 1.66. The van der Waals surface area contributed by atoms with Crippen molar-refractivity contribution in [1.29, 1.82) is 0 Å². The molecule has 5 aromatic rings. The minimum Gasteiger partial charge on any atom is -0.437 e. The van der Waals surface area contributed by atoms with Gasteiger partial charge in [-0.15, -0.1) is 11.3 Å². The van der Waals surface area contributed by atoms with Crippen molar-refractivity contribution in [2.75, 3.05) is 23.7 Å². The molecule has 1 fully saturated rings. The number of aromatic nitrogens is 3. The molecule has 3 aromatic carbocycles. The zero-order valence-electron chi connectivity index (χ0n) is 20.8. The number of nitrogens with one attached hydrogen (secondary N) is 3. The van der Waals surface area contributed by atoms with E-state index < -0.39 is 6.17 Å². The van der Waals surface area contributed by atoms with Gasteiger partial charge in [-0.1, -0.05) is 42.5 Å². The third-order valence-corrected chi connectivity index (χ3v) is 7.34. The summed E-state index contributed by atoms with van der Waals surface area (Å²) in [6, 6.07) is 24.0. The normalized spacial score (nSPS) is 17.3. The van der Waals surface area contributed by atoms with Crippen LogP contribution in [0.1, 0.15) is 11.4 Å². The Morgan fingerprint density at radius 2 is 1.76 bits per heavy atom. The first-order valence-electron chi connectivity index (χ1n) is 12.6. The number of thiazole rings is 1. The maximum atomic E-state index is 13.8. The van der Waals surface area contributed by atoms with E-state index in [2.05, 4.69) is 32.0 Å². The van der Waals surface area contributed by atoms with Gasteiger partial charge >= 0.3 is 0 Å². The molecule has 1 aliphatic rings. The standard InChI is InChI=1S/C29H27FN6OS/c1-18-33-28(27(38-18)25-13-14-32-29(36-25)35-21-15-19(30)16-31-17-21)37-26-12-11-24(22-9-5-6-10-23(22)26)34-20-7-3-2-4-8-20/h2-14,19,21,31,34H,15-17H2,1H3,(H,32,35,36)/t19-,21-/m0/s1. The number of halogens is 1. The van der Waals surface area contributed by atoms with E-state index >= 15 is 0 Å². The molecular weight excluding hydrogens is 499 g/mol. The highest BCUT2D eigenvalue weighted by atomic mass is 32.1. The third kappa shape index (κ3) is 5.29. The van der Waals surface area contributed by atoms with Crippen LogP contribution in [-0.4, -0.2) is 40.3 Å². The minimum absolute atomic E-state index is 0.0673. The van der Waals surface area contributed by atoms with Crippen molar-refractivity contribution in [2.24, 2.45) is 0 Å². The number of anilines is 3. The Balaban J connectivity index is 1.29. The quantitative estimate of drug-likeness (QED) is 0.217. The zero-order chi connectivity index (χ0) is 25.9. The van der Waals surface area contributed by atoms with Crippen LogP contribution in [0.15, 0.2) is 79.0 Å². The Morgan fingerprint density at radius 3 is 2.61 bits per heavy atom. The molecule has 1 aliphatic heterocycles. The number of hydrogen-bond acceptors (Lipinski definition) is 8. The summed E-state index contributed by atoms with van der Waals surface area (Å²) in [4.78, 5) is 14.6. The van der Waals surface area contributed by atoms with Crippen LogP contribution >= 0.6 is 11.3 Å². The first-order valence-corrected chi connectivity index (χ1v) is 13.4. The maximum absolute atomic E-state index is 13.8. The molecule has 2 aromatic heterocycles. The van der Waals surface area contributed by atoms with Crippen molar-refractivity contribution in [3.8, 4) is 22.2 Å². The van der Waals surface area contributed by atoms with Crippen molar-refractivity contribution in [1.82, 2.24) is 20.3 Å². The topological polar surface area (TPSA) is 84.0 Å². The number of piperidine rings is 1. The molecule has 6 rings (SSSR count). The van der Waals surface area contributed by atoms with E-state index in [1.807, 2.05) is 73.7 Å². The molecule has 0 unspecified atom stereocenters. The average Bonchev–Trinajstić information content (AvgIpc) is 3.31. The summed E-state index contributed by atoms with van der Waals surface area (Å²) in [7, 11) is 0. The Bertz CT molecular complexity index is 1560. The molecule has 2 atom stereocenters. The largest absolute Gasteiger partial charge is 0.437 e. The molecular formula is C29H27FN6OS. The van der Waals surface area contributed by atoms with E-state index in [9.17, 15) is 4.39 Å². The number of aryl methyl sites for hydroxylation is 1. The molecule has 38 heavy (non-hydrogen) atoms. The second kappa shape index (κ2) is 10.7. The SMILES string of the molecule is Cc1nc(Oc2ccc(Nc3ccccc3)c3ccccc23)c(-c2ccnc(N[C@@H]3CNC[C@@H](F)C3)n2)s1. The highest BCUT2D eigenvalue weighted by molar-refractivity contribution is 7.15. The van der Waals surface area contributed by atoms with Crippen LogP contribution in [0.3, 0.4) is 0 Å². The van der Waals surface area contributed by atoms with Crippen LogP contribution in [-0.2, 0) is 0 Å². The van der Waals surface area contributed by atoms with E-state index in [4.69, 9.17) is 9.72 Å². The molecule has 0 saturated carbocycles. The van der Waals surface area contributed by atoms with Gasteiger partial charge in [-0.25, -0.2) is 19.3 Å². The van der Waals surface area contributed by atoms with Crippen molar-refractivity contribution < 1.29 is 9.13 Å². The van der Waals surface area contributed by atoms with Gasteiger partial charge in [-0.2, -0.15) is 0 Å². The summed E-state index contributed by atoms with van der Waals surface area (Å²) in [6.45, 7) is 3.00. The molecule has 7 nitrogen and oxygen atoms in total. The molecule has 0 bridgehead atoms. The van der Waals surface area contributed by atoms with Crippen molar-refractivity contribution in [3.63, 3.8) is 0 Å². The molecule has 3 heterocycles. The van der Waals surface area contributed by atoms with Gasteiger partial charge in [-0.3, -0.25) is 0 Å². The summed E-state index contributed by atoms with van der Waals surface area (Å²) in [5.41, 5.74) is 2.71. The third-order valence-electron chi connectivity index (χ3n) is 6.36. The molecule has 3 N–H and O–H groups in total. The van der Waals surface area contributed by atoms with Crippen molar-refractivity contribution in [2.45, 2.75) is 25.6 Å². The Hall–Kier alpha value is -4.08. The van der Waals surface area contributed by atoms with Gasteiger partial charge in [0.15, 0.2) is 0 Å². The summed E-state index contributed by atoms with van der Waals surface area (Å²) >= 11 is 1.51. The fraction of sp³-hybridized carbons (Fsp3) is 0.207. The highest BCUT2D eigenvalue weighted by Gasteiger charge is 2.22. The van der Waals surface area contributed by atoms with Crippen LogP contribution in [0.2, 0.25) is 0 Å². The second-order valence-electron chi connectivity index (χ2n) is 9.22. The van der Waals surface area contributed by atoms with Crippen LogP contribution in [0, 0.1) is 6.92 Å². The van der Waals surface area contributed by atoms with Gasteiger partial charge < -0.3 is 20.7 Å². The number of benzene rings is 3. The molecule has 0 amide bonds. The van der Waals surface area contributed by atoms with Crippen LogP contribution in [0.5, 0.6) is 11.6 Å². The van der Waals surface area contributed by atoms with Crippen LogP contribution < -0.4 is 20.7 Å². The van der Waals surface area contributed by atoms with Gasteiger partial charge in [0.05, 0.1) is 10.7 Å². The fourth-order valence-corrected chi connectivity index (χ4v) is 5.44. The van der Waals surface area contributed by atoms with E-state index in [0.29, 0.717) is 42.8 Å². The van der Waals surface area contributed by atoms with Crippen LogP contribution in [0.4, 0.5) is 21.7 Å². The lowest BCUT2D eigenvalue weighted by Gasteiger charge is -2.26. The smallest absolute Gasteiger partial charge is 0.240 e. The van der Waals surface area contributed by atoms with E-state index in [0.717, 1.165) is 32.0 Å². The first-order chi connectivity index (χ1) is 18.6. The molecule has 1 saturated heterocycles. The monoisotopic (exact) mass is 526 g/mol. The highest BCUT2D eigenvalue weighted by Crippen LogP contribution is 2.40. The lowest BCUT2D eigenvalue weighted by Crippen LogP contribution is -2.44. The molecule has 9 heteroatoms. The zero-order valence-corrected chi connectivity index (χ0v) is 21.6. The lowest BCUT2D eigenvalue weighted by atomic mass is 10.1. The molecule has 0 spiro atoms. The number of fused-ring (bicyclic) bond motifs is 1. The summed E-state index contributed by atoms with van der Waals surface area (Å²) in [6.07, 6.45) is 1.25. The lowest BCUT2D eigenvalue weighted by molar-refractivity contribution is 0.254. The Labute approximate surface area is 224 Å². The van der Waals surface area contributed by atoms with E-state index in [1.165, 1.54) is 11.3 Å². The molecule has 192 valence electrons. The average molecular weight is 527 g/mol.